The van der Waals surface area contributed by atoms with E-state index in [0.717, 1.165) is 69.7 Å². The summed E-state index contributed by atoms with van der Waals surface area (Å²) in [6.45, 7) is 7.05. The van der Waals surface area contributed by atoms with Crippen LogP contribution < -0.4 is 10.6 Å². The van der Waals surface area contributed by atoms with Crippen molar-refractivity contribution in [2.45, 2.75) is 32.7 Å². The lowest BCUT2D eigenvalue weighted by Crippen LogP contribution is -2.37. The van der Waals surface area contributed by atoms with E-state index in [1.807, 2.05) is 13.1 Å². The number of hydrogen-bond donors (Lipinski definition) is 2. The van der Waals surface area contributed by atoms with Gasteiger partial charge in [0.1, 0.15) is 0 Å². The molecule has 0 atom stereocenters. The molecule has 2 heterocycles. The third kappa shape index (κ3) is 7.28. The fraction of sp³-hybridized carbons (Fsp3) is 0.750. The van der Waals surface area contributed by atoms with Gasteiger partial charge < -0.3 is 20.1 Å². The zero-order valence-corrected chi connectivity index (χ0v) is 15.0. The van der Waals surface area contributed by atoms with Crippen LogP contribution in [0.4, 0.5) is 0 Å². The van der Waals surface area contributed by atoms with Gasteiger partial charge in [-0.2, -0.15) is 0 Å². The van der Waals surface area contributed by atoms with Crippen LogP contribution in [0.3, 0.4) is 0 Å². The van der Waals surface area contributed by atoms with Crippen molar-refractivity contribution in [3.8, 4) is 0 Å². The first kappa shape index (κ1) is 18.2. The Bertz CT molecular complexity index is 472. The Morgan fingerprint density at radius 1 is 1.43 bits per heavy atom. The van der Waals surface area contributed by atoms with Gasteiger partial charge in [0.2, 0.25) is 0 Å². The molecule has 1 aliphatic heterocycles. The molecule has 1 fully saturated rings. The van der Waals surface area contributed by atoms with Crippen molar-refractivity contribution >= 4 is 17.3 Å². The van der Waals surface area contributed by atoms with Gasteiger partial charge in [-0.3, -0.25) is 4.99 Å². The largest absolute Gasteiger partial charge is 0.381 e. The number of hydrogen-bond acceptors (Lipinski definition) is 5. The molecule has 0 aromatic carbocycles. The average Bonchev–Trinajstić information content (AvgIpc) is 3.00. The summed E-state index contributed by atoms with van der Waals surface area (Å²) in [6, 6.07) is 0. The standard InChI is InChI=1S/C16H28N4O2S/c1-13-19-10-15(23-13)11-20-16(17-2)18-6-3-7-22-12-14-4-8-21-9-5-14/h10,14H,3-9,11-12H2,1-2H3,(H2,17,18,20). The third-order valence-corrected chi connectivity index (χ3v) is 4.69. The van der Waals surface area contributed by atoms with Gasteiger partial charge in [0.15, 0.2) is 5.96 Å². The van der Waals surface area contributed by atoms with Gasteiger partial charge in [-0.1, -0.05) is 0 Å². The molecule has 0 unspecified atom stereocenters. The van der Waals surface area contributed by atoms with E-state index in [1.54, 1.807) is 18.4 Å². The van der Waals surface area contributed by atoms with Gasteiger partial charge in [-0.25, -0.2) is 4.98 Å². The summed E-state index contributed by atoms with van der Waals surface area (Å²) >= 11 is 1.70. The summed E-state index contributed by atoms with van der Waals surface area (Å²) in [6.07, 6.45) is 5.14. The van der Waals surface area contributed by atoms with E-state index in [0.29, 0.717) is 5.92 Å². The lowest BCUT2D eigenvalue weighted by molar-refractivity contribution is 0.0203. The maximum Gasteiger partial charge on any atom is 0.191 e. The molecule has 2 rings (SSSR count). The highest BCUT2D eigenvalue weighted by molar-refractivity contribution is 7.11. The molecule has 7 heteroatoms. The maximum absolute atomic E-state index is 5.76. The molecule has 1 aliphatic rings. The van der Waals surface area contributed by atoms with Gasteiger partial charge in [-0.05, 0) is 32.1 Å². The highest BCUT2D eigenvalue weighted by atomic mass is 32.1. The van der Waals surface area contributed by atoms with E-state index in [-0.39, 0.29) is 0 Å². The Morgan fingerprint density at radius 2 is 2.26 bits per heavy atom. The van der Waals surface area contributed by atoms with Crippen LogP contribution in [-0.2, 0) is 16.0 Å². The van der Waals surface area contributed by atoms with Gasteiger partial charge in [-0.15, -0.1) is 11.3 Å². The molecule has 0 spiro atoms. The van der Waals surface area contributed by atoms with Crippen LogP contribution in [0.1, 0.15) is 29.1 Å². The van der Waals surface area contributed by atoms with E-state index in [4.69, 9.17) is 9.47 Å². The summed E-state index contributed by atoms with van der Waals surface area (Å²) < 4.78 is 11.1. The van der Waals surface area contributed by atoms with Gasteiger partial charge in [0, 0.05) is 51.1 Å². The zero-order valence-electron chi connectivity index (χ0n) is 14.1. The number of aryl methyl sites for hydroxylation is 1. The normalized spacial score (nSPS) is 16.5. The number of nitrogens with zero attached hydrogens (tertiary/aromatic N) is 2. The van der Waals surface area contributed by atoms with Crippen LogP contribution in [0.25, 0.3) is 0 Å². The van der Waals surface area contributed by atoms with Gasteiger partial charge in [0.25, 0.3) is 0 Å². The van der Waals surface area contributed by atoms with Crippen LogP contribution >= 0.6 is 11.3 Å². The average molecular weight is 340 g/mol. The van der Waals surface area contributed by atoms with Gasteiger partial charge in [0.05, 0.1) is 11.6 Å². The van der Waals surface area contributed by atoms with Crippen molar-refractivity contribution in [3.05, 3.63) is 16.1 Å². The number of rotatable bonds is 8. The van der Waals surface area contributed by atoms with Crippen molar-refractivity contribution in [2.75, 3.05) is 40.0 Å². The SMILES string of the molecule is CN=C(NCCCOCC1CCOCC1)NCc1cnc(C)s1. The molecule has 2 N–H and O–H groups in total. The van der Waals surface area contributed by atoms with Crippen LogP contribution in [0.2, 0.25) is 0 Å². The summed E-state index contributed by atoms with van der Waals surface area (Å²) in [7, 11) is 1.79. The van der Waals surface area contributed by atoms with E-state index < -0.39 is 0 Å². The molecule has 6 nitrogen and oxygen atoms in total. The number of ether oxygens (including phenoxy) is 2. The number of guanidine groups is 1. The molecule has 130 valence electrons. The number of nitrogens with one attached hydrogen (secondary N) is 2. The highest BCUT2D eigenvalue weighted by Gasteiger charge is 2.13. The summed E-state index contributed by atoms with van der Waals surface area (Å²) in [5.41, 5.74) is 0. The molecule has 1 aromatic rings. The molecular weight excluding hydrogens is 312 g/mol. The smallest absolute Gasteiger partial charge is 0.191 e. The lowest BCUT2D eigenvalue weighted by Gasteiger charge is -2.21. The van der Waals surface area contributed by atoms with E-state index >= 15 is 0 Å². The monoisotopic (exact) mass is 340 g/mol. The number of aromatic nitrogens is 1. The Kier molecular flexibility index (Phi) is 8.35. The zero-order chi connectivity index (χ0) is 16.3. The molecule has 0 amide bonds. The van der Waals surface area contributed by atoms with Crippen molar-refractivity contribution < 1.29 is 9.47 Å². The van der Waals surface area contributed by atoms with E-state index in [2.05, 4.69) is 20.6 Å². The van der Waals surface area contributed by atoms with E-state index in [9.17, 15) is 0 Å². The maximum atomic E-state index is 5.76. The number of thiazole rings is 1. The molecule has 0 bridgehead atoms. The van der Waals surface area contributed by atoms with Crippen LogP contribution in [0, 0.1) is 12.8 Å². The van der Waals surface area contributed by atoms with Crippen LogP contribution in [0.15, 0.2) is 11.2 Å². The fourth-order valence-electron chi connectivity index (χ4n) is 2.42. The van der Waals surface area contributed by atoms with Crippen molar-refractivity contribution in [1.82, 2.24) is 15.6 Å². The minimum absolute atomic E-state index is 0.675. The second-order valence-electron chi connectivity index (χ2n) is 5.68. The topological polar surface area (TPSA) is 67.8 Å². The fourth-order valence-corrected chi connectivity index (χ4v) is 3.16. The second kappa shape index (κ2) is 10.6. The first-order chi connectivity index (χ1) is 11.3. The summed E-state index contributed by atoms with van der Waals surface area (Å²) in [4.78, 5) is 9.69. The molecule has 23 heavy (non-hydrogen) atoms. The molecular formula is C16H28N4O2S. The Labute approximate surface area is 142 Å². The minimum Gasteiger partial charge on any atom is -0.381 e. The first-order valence-electron chi connectivity index (χ1n) is 8.29. The third-order valence-electron chi connectivity index (χ3n) is 3.78. The number of aliphatic imine (C=N–C) groups is 1. The summed E-state index contributed by atoms with van der Waals surface area (Å²) in [5.74, 6) is 1.49. The molecule has 0 radical (unpaired) electrons. The van der Waals surface area contributed by atoms with Crippen LogP contribution in [-0.4, -0.2) is 51.0 Å². The molecule has 1 aromatic heterocycles. The second-order valence-corrected chi connectivity index (χ2v) is 7.00. The van der Waals surface area contributed by atoms with Crippen molar-refractivity contribution in [1.29, 1.82) is 0 Å². The van der Waals surface area contributed by atoms with Crippen molar-refractivity contribution in [2.24, 2.45) is 10.9 Å². The summed E-state index contributed by atoms with van der Waals surface area (Å²) in [5, 5.41) is 7.69. The molecule has 1 saturated heterocycles. The quantitative estimate of drug-likeness (QED) is 0.430. The Balaban J connectivity index is 1.50. The molecule has 0 aliphatic carbocycles. The van der Waals surface area contributed by atoms with Crippen molar-refractivity contribution in [3.63, 3.8) is 0 Å². The lowest BCUT2D eigenvalue weighted by atomic mass is 10.0. The predicted molar refractivity (Wildman–Crippen MR) is 94.0 cm³/mol. The Hall–Kier alpha value is -1.18. The minimum atomic E-state index is 0.675. The predicted octanol–water partition coefficient (Wildman–Crippen LogP) is 1.95. The first-order valence-corrected chi connectivity index (χ1v) is 9.11. The van der Waals surface area contributed by atoms with E-state index in [1.165, 1.54) is 4.88 Å². The van der Waals surface area contributed by atoms with Crippen LogP contribution in [0.5, 0.6) is 0 Å². The highest BCUT2D eigenvalue weighted by Crippen LogP contribution is 2.14. The van der Waals surface area contributed by atoms with Gasteiger partial charge >= 0.3 is 0 Å². The molecule has 0 saturated carbocycles. The Morgan fingerprint density at radius 3 is 2.96 bits per heavy atom.